The first kappa shape index (κ1) is 16.5. The Morgan fingerprint density at radius 1 is 1.15 bits per heavy atom. The summed E-state index contributed by atoms with van der Waals surface area (Å²) in [7, 11) is -3.65. The molecule has 1 aliphatic rings. The van der Waals surface area contributed by atoms with Gasteiger partial charge in [-0.05, 0) is 13.0 Å². The van der Waals surface area contributed by atoms with Gasteiger partial charge in [0, 0.05) is 16.5 Å². The predicted octanol–water partition coefficient (Wildman–Crippen LogP) is 3.80. The van der Waals surface area contributed by atoms with Gasteiger partial charge in [0.25, 0.3) is 10.0 Å². The van der Waals surface area contributed by atoms with Gasteiger partial charge in [-0.2, -0.15) is 5.26 Å². The fourth-order valence-corrected chi connectivity index (χ4v) is 4.93. The summed E-state index contributed by atoms with van der Waals surface area (Å²) >= 11 is 1.32. The van der Waals surface area contributed by atoms with E-state index in [2.05, 4.69) is 15.8 Å². The van der Waals surface area contributed by atoms with Crippen LogP contribution in [0.25, 0.3) is 22.5 Å². The van der Waals surface area contributed by atoms with Crippen molar-refractivity contribution in [3.05, 3.63) is 70.0 Å². The zero-order chi connectivity index (χ0) is 18.3. The summed E-state index contributed by atoms with van der Waals surface area (Å²) in [6, 6.07) is 16.7. The van der Waals surface area contributed by atoms with Gasteiger partial charge in [-0.25, -0.2) is 13.4 Å². The van der Waals surface area contributed by atoms with Gasteiger partial charge in [0.05, 0.1) is 16.3 Å². The summed E-state index contributed by atoms with van der Waals surface area (Å²) < 4.78 is 27.1. The second kappa shape index (κ2) is 6.09. The van der Waals surface area contributed by atoms with Crippen LogP contribution in [0.2, 0.25) is 0 Å². The lowest BCUT2D eigenvalue weighted by atomic mass is 10.1. The highest BCUT2D eigenvalue weighted by molar-refractivity contribution is 7.90. The molecule has 0 fully saturated rings. The summed E-state index contributed by atoms with van der Waals surface area (Å²) in [6.45, 7) is 2.01. The SMILES string of the molecule is Cc1ccc(-c2csc(/C(C#N)=C3\NS(=O)(=O)c4ccccc43)n2)cc1. The molecule has 128 valence electrons. The Morgan fingerprint density at radius 3 is 2.62 bits per heavy atom. The van der Waals surface area contributed by atoms with Crippen molar-refractivity contribution in [1.29, 1.82) is 5.26 Å². The highest BCUT2D eigenvalue weighted by Crippen LogP contribution is 2.36. The van der Waals surface area contributed by atoms with Crippen molar-refractivity contribution >= 4 is 32.6 Å². The van der Waals surface area contributed by atoms with Crippen LogP contribution in [-0.2, 0) is 10.0 Å². The predicted molar refractivity (Wildman–Crippen MR) is 101 cm³/mol. The van der Waals surface area contributed by atoms with E-state index < -0.39 is 10.0 Å². The van der Waals surface area contributed by atoms with Crippen molar-refractivity contribution in [1.82, 2.24) is 9.71 Å². The number of fused-ring (bicyclic) bond motifs is 1. The van der Waals surface area contributed by atoms with Gasteiger partial charge in [0.2, 0.25) is 0 Å². The number of aryl methyl sites for hydroxylation is 1. The van der Waals surface area contributed by atoms with E-state index in [-0.39, 0.29) is 16.2 Å². The van der Waals surface area contributed by atoms with Crippen LogP contribution >= 0.6 is 11.3 Å². The van der Waals surface area contributed by atoms with Gasteiger partial charge in [-0.15, -0.1) is 11.3 Å². The molecule has 2 aromatic carbocycles. The van der Waals surface area contributed by atoms with E-state index in [1.807, 2.05) is 36.6 Å². The molecule has 1 aromatic heterocycles. The highest BCUT2D eigenvalue weighted by atomic mass is 32.2. The topological polar surface area (TPSA) is 82.9 Å². The molecular weight excluding hydrogens is 366 g/mol. The van der Waals surface area contributed by atoms with Crippen LogP contribution in [0.4, 0.5) is 0 Å². The maximum Gasteiger partial charge on any atom is 0.262 e. The van der Waals surface area contributed by atoms with Gasteiger partial charge in [-0.1, -0.05) is 48.0 Å². The number of nitriles is 1. The third kappa shape index (κ3) is 2.69. The maximum absolute atomic E-state index is 12.3. The normalized spacial score (nSPS) is 16.5. The van der Waals surface area contributed by atoms with E-state index in [0.29, 0.717) is 10.6 Å². The molecule has 0 radical (unpaired) electrons. The van der Waals surface area contributed by atoms with Gasteiger partial charge >= 0.3 is 0 Å². The van der Waals surface area contributed by atoms with E-state index in [0.717, 1.165) is 16.8 Å². The van der Waals surface area contributed by atoms with Crippen LogP contribution in [0.15, 0.2) is 58.8 Å². The van der Waals surface area contributed by atoms with Crippen molar-refractivity contribution in [3.8, 4) is 17.3 Å². The first-order valence-corrected chi connectivity index (χ1v) is 10.2. The molecule has 0 amide bonds. The number of thiazole rings is 1. The van der Waals surface area contributed by atoms with E-state index in [9.17, 15) is 13.7 Å². The minimum atomic E-state index is -3.65. The molecule has 2 heterocycles. The first-order chi connectivity index (χ1) is 12.5. The molecule has 0 bridgehead atoms. The van der Waals surface area contributed by atoms with Crippen LogP contribution in [-0.4, -0.2) is 13.4 Å². The minimum Gasteiger partial charge on any atom is -0.277 e. The smallest absolute Gasteiger partial charge is 0.262 e. The molecule has 0 saturated carbocycles. The number of aromatic nitrogens is 1. The zero-order valence-corrected chi connectivity index (χ0v) is 15.4. The molecule has 0 unspecified atom stereocenters. The third-order valence-electron chi connectivity index (χ3n) is 4.11. The Morgan fingerprint density at radius 2 is 1.88 bits per heavy atom. The number of nitrogens with one attached hydrogen (secondary N) is 1. The Hall–Kier alpha value is -2.95. The lowest BCUT2D eigenvalue weighted by molar-refractivity contribution is 0.594. The number of sulfonamides is 1. The number of benzene rings is 2. The molecule has 3 aromatic rings. The molecule has 5 nitrogen and oxygen atoms in total. The molecule has 7 heteroatoms. The summed E-state index contributed by atoms with van der Waals surface area (Å²) in [5, 5.41) is 12.0. The summed E-state index contributed by atoms with van der Waals surface area (Å²) in [5.74, 6) is 0. The average Bonchev–Trinajstić information content (AvgIpc) is 3.21. The summed E-state index contributed by atoms with van der Waals surface area (Å²) in [5.41, 5.74) is 3.87. The van der Waals surface area contributed by atoms with Crippen molar-refractivity contribution < 1.29 is 8.42 Å². The second-order valence-electron chi connectivity index (χ2n) is 5.87. The Labute approximate surface area is 155 Å². The summed E-state index contributed by atoms with van der Waals surface area (Å²) in [6.07, 6.45) is 0. The monoisotopic (exact) mass is 379 g/mol. The maximum atomic E-state index is 12.3. The quantitative estimate of drug-likeness (QED) is 0.687. The van der Waals surface area contributed by atoms with Crippen LogP contribution in [0.3, 0.4) is 0 Å². The van der Waals surface area contributed by atoms with Crippen molar-refractivity contribution in [2.24, 2.45) is 0 Å². The standard InChI is InChI=1S/C19H13N3O2S2/c1-12-6-8-13(9-7-12)16-11-25-19(21-16)15(10-20)18-14-4-2-3-5-17(14)26(23,24)22-18/h2-9,11,22H,1H3/b18-15-. The van der Waals surface area contributed by atoms with Crippen molar-refractivity contribution in [2.75, 3.05) is 0 Å². The largest absolute Gasteiger partial charge is 0.277 e. The van der Waals surface area contributed by atoms with Crippen LogP contribution in [0.5, 0.6) is 0 Å². The Balaban J connectivity index is 1.84. The lowest BCUT2D eigenvalue weighted by Gasteiger charge is -2.02. The molecular formula is C19H13N3O2S2. The molecule has 26 heavy (non-hydrogen) atoms. The molecule has 1 aliphatic heterocycles. The number of rotatable bonds is 2. The van der Waals surface area contributed by atoms with E-state index in [1.54, 1.807) is 18.2 Å². The number of allylic oxidation sites excluding steroid dienone is 1. The van der Waals surface area contributed by atoms with E-state index in [4.69, 9.17) is 0 Å². The Kier molecular flexibility index (Phi) is 3.87. The highest BCUT2D eigenvalue weighted by Gasteiger charge is 2.32. The molecule has 0 saturated heterocycles. The number of hydrogen-bond acceptors (Lipinski definition) is 5. The average molecular weight is 379 g/mol. The minimum absolute atomic E-state index is 0.179. The molecule has 1 N–H and O–H groups in total. The van der Waals surface area contributed by atoms with Crippen molar-refractivity contribution in [3.63, 3.8) is 0 Å². The van der Waals surface area contributed by atoms with Gasteiger partial charge in [-0.3, -0.25) is 4.72 Å². The van der Waals surface area contributed by atoms with Gasteiger partial charge < -0.3 is 0 Å². The van der Waals surface area contributed by atoms with Crippen LogP contribution < -0.4 is 4.72 Å². The molecule has 4 rings (SSSR count). The van der Waals surface area contributed by atoms with E-state index in [1.165, 1.54) is 17.4 Å². The lowest BCUT2D eigenvalue weighted by Crippen LogP contribution is -2.14. The van der Waals surface area contributed by atoms with E-state index >= 15 is 0 Å². The first-order valence-electron chi connectivity index (χ1n) is 7.79. The third-order valence-corrected chi connectivity index (χ3v) is 6.38. The van der Waals surface area contributed by atoms with Gasteiger partial charge in [0.15, 0.2) is 0 Å². The fraction of sp³-hybridized carbons (Fsp3) is 0.0526. The van der Waals surface area contributed by atoms with Crippen LogP contribution in [0, 0.1) is 18.3 Å². The zero-order valence-electron chi connectivity index (χ0n) is 13.7. The molecule has 0 spiro atoms. The number of hydrogen-bond donors (Lipinski definition) is 1. The molecule has 0 atom stereocenters. The van der Waals surface area contributed by atoms with Gasteiger partial charge in [0.1, 0.15) is 16.6 Å². The Bertz CT molecular complexity index is 1180. The summed E-state index contributed by atoms with van der Waals surface area (Å²) in [4.78, 5) is 4.73. The number of nitrogens with zero attached hydrogens (tertiary/aromatic N) is 2. The van der Waals surface area contributed by atoms with Crippen molar-refractivity contribution in [2.45, 2.75) is 11.8 Å². The van der Waals surface area contributed by atoms with Crippen LogP contribution in [0.1, 0.15) is 16.1 Å². The fourth-order valence-electron chi connectivity index (χ4n) is 2.79. The molecule has 0 aliphatic carbocycles. The second-order valence-corrected chi connectivity index (χ2v) is 8.38.